The van der Waals surface area contributed by atoms with Crippen LogP contribution in [0, 0.1) is 13.8 Å². The minimum atomic E-state index is 0.663. The second kappa shape index (κ2) is 4.25. The molecular weight excluding hydrogens is 290 g/mol. The van der Waals surface area contributed by atoms with Crippen molar-refractivity contribution in [2.75, 3.05) is 0 Å². The van der Waals surface area contributed by atoms with E-state index in [0.717, 1.165) is 26.7 Å². The Kier molecular flexibility index (Phi) is 2.71. The molecule has 0 aliphatic carbocycles. The molecule has 0 spiro atoms. The molecule has 3 aromatic rings. The summed E-state index contributed by atoms with van der Waals surface area (Å²) in [6.07, 6.45) is 0. The number of benzene rings is 2. The molecule has 1 heterocycles. The summed E-state index contributed by atoms with van der Waals surface area (Å²) < 4.78 is 6.77. The summed E-state index contributed by atoms with van der Waals surface area (Å²) in [6.45, 7) is 4.11. The molecule has 0 amide bonds. The maximum Gasteiger partial charge on any atom is 0.227 e. The molecule has 0 saturated heterocycles. The number of hydrogen-bond acceptors (Lipinski definition) is 2. The fourth-order valence-electron chi connectivity index (χ4n) is 1.94. The number of rotatable bonds is 1. The normalized spacial score (nSPS) is 11.1. The molecule has 0 saturated carbocycles. The molecule has 0 atom stereocenters. The predicted molar refractivity (Wildman–Crippen MR) is 76.6 cm³/mol. The van der Waals surface area contributed by atoms with Crippen molar-refractivity contribution in [3.05, 3.63) is 52.0 Å². The molecular formula is C15H12BrNO. The highest BCUT2D eigenvalue weighted by Gasteiger charge is 2.11. The van der Waals surface area contributed by atoms with Gasteiger partial charge in [0.05, 0.1) is 4.47 Å². The molecule has 2 aromatic carbocycles. The van der Waals surface area contributed by atoms with Gasteiger partial charge in [-0.05, 0) is 59.6 Å². The summed E-state index contributed by atoms with van der Waals surface area (Å²) in [5.74, 6) is 0.663. The lowest BCUT2D eigenvalue weighted by Crippen LogP contribution is -1.77. The zero-order valence-electron chi connectivity index (χ0n) is 10.2. The lowest BCUT2D eigenvalue weighted by Gasteiger charge is -1.95. The zero-order valence-corrected chi connectivity index (χ0v) is 11.8. The van der Waals surface area contributed by atoms with Crippen LogP contribution in [0.1, 0.15) is 11.1 Å². The molecule has 1 aromatic heterocycles. The fraction of sp³-hybridized carbons (Fsp3) is 0.133. The Morgan fingerprint density at radius 3 is 2.44 bits per heavy atom. The van der Waals surface area contributed by atoms with E-state index in [1.54, 1.807) is 0 Å². The topological polar surface area (TPSA) is 26.0 Å². The molecule has 3 rings (SSSR count). The van der Waals surface area contributed by atoms with E-state index in [2.05, 4.69) is 40.0 Å². The van der Waals surface area contributed by atoms with Crippen LogP contribution in [0.2, 0.25) is 0 Å². The van der Waals surface area contributed by atoms with E-state index in [1.165, 1.54) is 5.56 Å². The standard InChI is InChI=1S/C15H12BrNO/c1-9-3-5-11(6-4-9)15-17-13-8-10(2)7-12(16)14(13)18-15/h3-8H,1-2H3. The van der Waals surface area contributed by atoms with Crippen LogP contribution in [-0.2, 0) is 0 Å². The number of halogens is 1. The average molecular weight is 302 g/mol. The van der Waals surface area contributed by atoms with Crippen molar-refractivity contribution >= 4 is 27.0 Å². The van der Waals surface area contributed by atoms with Crippen molar-refractivity contribution in [3.63, 3.8) is 0 Å². The van der Waals surface area contributed by atoms with Crippen LogP contribution in [0.3, 0.4) is 0 Å². The number of aromatic nitrogens is 1. The maximum atomic E-state index is 5.82. The molecule has 0 N–H and O–H groups in total. The Hall–Kier alpha value is -1.61. The van der Waals surface area contributed by atoms with Crippen LogP contribution in [0.15, 0.2) is 45.3 Å². The van der Waals surface area contributed by atoms with Crippen molar-refractivity contribution in [2.24, 2.45) is 0 Å². The fourth-order valence-corrected chi connectivity index (χ4v) is 2.59. The van der Waals surface area contributed by atoms with E-state index in [9.17, 15) is 0 Å². The first kappa shape index (κ1) is 11.5. The molecule has 0 fully saturated rings. The van der Waals surface area contributed by atoms with Crippen molar-refractivity contribution in [1.29, 1.82) is 0 Å². The Bertz CT molecular complexity index is 713. The highest BCUT2D eigenvalue weighted by atomic mass is 79.9. The summed E-state index contributed by atoms with van der Waals surface area (Å²) in [6, 6.07) is 12.2. The van der Waals surface area contributed by atoms with Gasteiger partial charge in [0, 0.05) is 5.56 Å². The van der Waals surface area contributed by atoms with Gasteiger partial charge in [-0.25, -0.2) is 4.98 Å². The van der Waals surface area contributed by atoms with E-state index in [-0.39, 0.29) is 0 Å². The minimum absolute atomic E-state index is 0.663. The van der Waals surface area contributed by atoms with Crippen LogP contribution >= 0.6 is 15.9 Å². The van der Waals surface area contributed by atoms with Gasteiger partial charge in [0.25, 0.3) is 0 Å². The molecule has 2 nitrogen and oxygen atoms in total. The van der Waals surface area contributed by atoms with Gasteiger partial charge in [0.15, 0.2) is 5.58 Å². The number of aryl methyl sites for hydroxylation is 2. The second-order valence-corrected chi connectivity index (χ2v) is 5.33. The lowest BCUT2D eigenvalue weighted by atomic mass is 10.1. The molecule has 18 heavy (non-hydrogen) atoms. The Morgan fingerprint density at radius 2 is 1.72 bits per heavy atom. The van der Waals surface area contributed by atoms with E-state index in [1.807, 2.05) is 31.2 Å². The first-order chi connectivity index (χ1) is 8.63. The van der Waals surface area contributed by atoms with Gasteiger partial charge in [-0.1, -0.05) is 17.7 Å². The molecule has 0 radical (unpaired) electrons. The summed E-state index contributed by atoms with van der Waals surface area (Å²) in [7, 11) is 0. The first-order valence-electron chi connectivity index (χ1n) is 5.77. The van der Waals surface area contributed by atoms with Gasteiger partial charge in [0.2, 0.25) is 5.89 Å². The summed E-state index contributed by atoms with van der Waals surface area (Å²) >= 11 is 3.51. The number of hydrogen-bond donors (Lipinski definition) is 0. The molecule has 0 unspecified atom stereocenters. The third-order valence-corrected chi connectivity index (χ3v) is 3.48. The van der Waals surface area contributed by atoms with Gasteiger partial charge < -0.3 is 4.42 Å². The third kappa shape index (κ3) is 1.95. The van der Waals surface area contributed by atoms with Crippen molar-refractivity contribution < 1.29 is 4.42 Å². The third-order valence-electron chi connectivity index (χ3n) is 2.89. The quantitative estimate of drug-likeness (QED) is 0.640. The molecule has 0 bridgehead atoms. The van der Waals surface area contributed by atoms with Crippen LogP contribution < -0.4 is 0 Å². The SMILES string of the molecule is Cc1ccc(-c2nc3cc(C)cc(Br)c3o2)cc1. The molecule has 3 heteroatoms. The van der Waals surface area contributed by atoms with E-state index in [0.29, 0.717) is 5.89 Å². The van der Waals surface area contributed by atoms with Crippen molar-refractivity contribution in [3.8, 4) is 11.5 Å². The predicted octanol–water partition coefficient (Wildman–Crippen LogP) is 4.87. The second-order valence-electron chi connectivity index (χ2n) is 4.48. The highest BCUT2D eigenvalue weighted by Crippen LogP contribution is 2.30. The number of oxazole rings is 1. The van der Waals surface area contributed by atoms with E-state index in [4.69, 9.17) is 4.42 Å². The smallest absolute Gasteiger partial charge is 0.227 e. The molecule has 90 valence electrons. The highest BCUT2D eigenvalue weighted by molar-refractivity contribution is 9.10. The Labute approximate surface area is 114 Å². The van der Waals surface area contributed by atoms with Crippen molar-refractivity contribution in [1.82, 2.24) is 4.98 Å². The molecule has 0 aliphatic rings. The monoisotopic (exact) mass is 301 g/mol. The maximum absolute atomic E-state index is 5.82. The van der Waals surface area contributed by atoms with Crippen LogP contribution in [0.5, 0.6) is 0 Å². The zero-order chi connectivity index (χ0) is 12.7. The largest absolute Gasteiger partial charge is 0.435 e. The lowest BCUT2D eigenvalue weighted by molar-refractivity contribution is 0.618. The Balaban J connectivity index is 2.19. The van der Waals surface area contributed by atoms with Crippen molar-refractivity contribution in [2.45, 2.75) is 13.8 Å². The summed E-state index contributed by atoms with van der Waals surface area (Å²) in [5, 5.41) is 0. The van der Waals surface area contributed by atoms with Gasteiger partial charge in [-0.3, -0.25) is 0 Å². The van der Waals surface area contributed by atoms with Gasteiger partial charge >= 0.3 is 0 Å². The summed E-state index contributed by atoms with van der Waals surface area (Å²) in [5.41, 5.74) is 5.08. The summed E-state index contributed by atoms with van der Waals surface area (Å²) in [4.78, 5) is 4.54. The van der Waals surface area contributed by atoms with E-state index < -0.39 is 0 Å². The Morgan fingerprint density at radius 1 is 1.00 bits per heavy atom. The van der Waals surface area contributed by atoms with Crippen LogP contribution in [0.4, 0.5) is 0 Å². The average Bonchev–Trinajstić information content (AvgIpc) is 2.74. The van der Waals surface area contributed by atoms with Gasteiger partial charge in [0.1, 0.15) is 5.52 Å². The van der Waals surface area contributed by atoms with Gasteiger partial charge in [-0.2, -0.15) is 0 Å². The number of nitrogens with zero attached hydrogens (tertiary/aromatic N) is 1. The van der Waals surface area contributed by atoms with Gasteiger partial charge in [-0.15, -0.1) is 0 Å². The van der Waals surface area contributed by atoms with Crippen LogP contribution in [0.25, 0.3) is 22.6 Å². The van der Waals surface area contributed by atoms with E-state index >= 15 is 0 Å². The number of fused-ring (bicyclic) bond motifs is 1. The van der Waals surface area contributed by atoms with Crippen LogP contribution in [-0.4, -0.2) is 4.98 Å². The first-order valence-corrected chi connectivity index (χ1v) is 6.56. The minimum Gasteiger partial charge on any atom is -0.435 e. The molecule has 0 aliphatic heterocycles.